The Morgan fingerprint density at radius 3 is 2.45 bits per heavy atom. The van der Waals surface area contributed by atoms with Gasteiger partial charge in [0.15, 0.2) is 0 Å². The molecule has 0 atom stereocenters. The molecule has 0 unspecified atom stereocenters. The first-order valence-corrected chi connectivity index (χ1v) is 8.40. The molecule has 7 heteroatoms. The molecule has 6 nitrogen and oxygen atoms in total. The summed E-state index contributed by atoms with van der Waals surface area (Å²) in [4.78, 5) is 27.5. The number of amides is 2. The summed E-state index contributed by atoms with van der Waals surface area (Å²) in [6, 6.07) is -0.180. The van der Waals surface area contributed by atoms with Gasteiger partial charge in [0.25, 0.3) is 0 Å². The van der Waals surface area contributed by atoms with E-state index in [0.29, 0.717) is 25.7 Å². The first-order valence-electron chi connectivity index (χ1n) is 7.52. The maximum absolute atomic E-state index is 12.2. The number of carbonyl (C=O) groups excluding carboxylic acids is 1. The number of thiazole rings is 1. The number of carboxylic acid groups (broad SMARTS) is 1. The lowest BCUT2D eigenvalue weighted by Crippen LogP contribution is -2.50. The Labute approximate surface area is 134 Å². The summed E-state index contributed by atoms with van der Waals surface area (Å²) in [5.41, 5.74) is 0.420. The molecule has 1 aliphatic rings. The van der Waals surface area contributed by atoms with Crippen molar-refractivity contribution in [2.75, 3.05) is 0 Å². The smallest absolute Gasteiger partial charge is 0.315 e. The molecule has 1 aromatic rings. The number of urea groups is 1. The number of hydrogen-bond donors (Lipinski definition) is 3. The van der Waals surface area contributed by atoms with Gasteiger partial charge in [-0.1, -0.05) is 0 Å². The van der Waals surface area contributed by atoms with E-state index in [4.69, 9.17) is 5.11 Å². The number of nitrogens with zero attached hydrogens (tertiary/aromatic N) is 1. The van der Waals surface area contributed by atoms with Crippen LogP contribution in [0.2, 0.25) is 0 Å². The summed E-state index contributed by atoms with van der Waals surface area (Å²) >= 11 is 1.53. The molecule has 0 bridgehead atoms. The van der Waals surface area contributed by atoms with Crippen LogP contribution in [0.4, 0.5) is 4.79 Å². The Bertz CT molecular complexity index is 548. The standard InChI is InChI=1S/C15H23N3O3S/c1-9-8-22-13(16-9)15(2,3)18-14(21)17-11-6-4-10(5-7-11)12(19)20/h8,10-11H,4-7H2,1-3H3,(H,19,20)(H2,17,18,21). The summed E-state index contributed by atoms with van der Waals surface area (Å²) in [5, 5.41) is 17.7. The van der Waals surface area contributed by atoms with Gasteiger partial charge in [0.05, 0.1) is 11.5 Å². The normalized spacial score (nSPS) is 22.1. The van der Waals surface area contributed by atoms with Crippen molar-refractivity contribution in [3.05, 3.63) is 16.1 Å². The number of aryl methyl sites for hydroxylation is 1. The lowest BCUT2D eigenvalue weighted by Gasteiger charge is -2.29. The van der Waals surface area contributed by atoms with Crippen molar-refractivity contribution in [3.63, 3.8) is 0 Å². The van der Waals surface area contributed by atoms with Crippen molar-refractivity contribution in [2.45, 2.75) is 58.0 Å². The van der Waals surface area contributed by atoms with Gasteiger partial charge < -0.3 is 15.7 Å². The lowest BCUT2D eigenvalue weighted by molar-refractivity contribution is -0.142. The van der Waals surface area contributed by atoms with Gasteiger partial charge in [-0.3, -0.25) is 4.79 Å². The molecule has 22 heavy (non-hydrogen) atoms. The maximum Gasteiger partial charge on any atom is 0.315 e. The fourth-order valence-electron chi connectivity index (χ4n) is 2.68. The third kappa shape index (κ3) is 4.19. The minimum atomic E-state index is -0.733. The number of carbonyl (C=O) groups is 2. The molecule has 0 saturated heterocycles. The summed E-state index contributed by atoms with van der Waals surface area (Å²) < 4.78 is 0. The number of hydrogen-bond acceptors (Lipinski definition) is 4. The molecule has 0 aliphatic heterocycles. The summed E-state index contributed by atoms with van der Waals surface area (Å²) in [6.45, 7) is 5.77. The summed E-state index contributed by atoms with van der Waals surface area (Å²) in [5.74, 6) is -1.00. The minimum absolute atomic E-state index is 0.0458. The fraction of sp³-hybridized carbons (Fsp3) is 0.667. The van der Waals surface area contributed by atoms with Crippen LogP contribution in [0.25, 0.3) is 0 Å². The van der Waals surface area contributed by atoms with Crippen molar-refractivity contribution < 1.29 is 14.7 Å². The van der Waals surface area contributed by atoms with Crippen LogP contribution in [0.5, 0.6) is 0 Å². The number of nitrogens with one attached hydrogen (secondary N) is 2. The largest absolute Gasteiger partial charge is 0.481 e. The lowest BCUT2D eigenvalue weighted by atomic mass is 9.86. The van der Waals surface area contributed by atoms with Crippen LogP contribution in [0.15, 0.2) is 5.38 Å². The molecule has 122 valence electrons. The Balaban J connectivity index is 1.84. The van der Waals surface area contributed by atoms with Gasteiger partial charge >= 0.3 is 12.0 Å². The molecule has 1 saturated carbocycles. The Hall–Kier alpha value is -1.63. The molecule has 1 aliphatic carbocycles. The zero-order valence-electron chi connectivity index (χ0n) is 13.2. The zero-order valence-corrected chi connectivity index (χ0v) is 14.0. The average molecular weight is 325 g/mol. The van der Waals surface area contributed by atoms with Crippen molar-refractivity contribution in [2.24, 2.45) is 5.92 Å². The van der Waals surface area contributed by atoms with Crippen molar-refractivity contribution in [1.82, 2.24) is 15.6 Å². The van der Waals surface area contributed by atoms with Crippen LogP contribution in [-0.4, -0.2) is 28.1 Å². The zero-order chi connectivity index (χ0) is 16.3. The highest BCUT2D eigenvalue weighted by atomic mass is 32.1. The molecular weight excluding hydrogens is 302 g/mol. The van der Waals surface area contributed by atoms with E-state index in [1.165, 1.54) is 11.3 Å². The molecule has 2 rings (SSSR count). The van der Waals surface area contributed by atoms with Gasteiger partial charge in [0.1, 0.15) is 5.01 Å². The van der Waals surface area contributed by atoms with Gasteiger partial charge in [-0.05, 0) is 46.5 Å². The quantitative estimate of drug-likeness (QED) is 0.793. The summed E-state index contributed by atoms with van der Waals surface area (Å²) in [6.07, 6.45) is 2.66. The van der Waals surface area contributed by atoms with Gasteiger partial charge in [-0.15, -0.1) is 11.3 Å². The molecule has 0 spiro atoms. The number of aromatic nitrogens is 1. The van der Waals surface area contributed by atoms with E-state index in [1.54, 1.807) is 0 Å². The van der Waals surface area contributed by atoms with Crippen LogP contribution in [0, 0.1) is 12.8 Å². The predicted octanol–water partition coefficient (Wildman–Crippen LogP) is 2.63. The molecule has 1 aromatic heterocycles. The molecule has 0 aromatic carbocycles. The van der Waals surface area contributed by atoms with E-state index in [-0.39, 0.29) is 18.0 Å². The highest BCUT2D eigenvalue weighted by Crippen LogP contribution is 2.25. The molecular formula is C15H23N3O3S. The van der Waals surface area contributed by atoms with Crippen LogP contribution in [0.1, 0.15) is 50.2 Å². The molecule has 1 heterocycles. The van der Waals surface area contributed by atoms with E-state index in [0.717, 1.165) is 10.7 Å². The predicted molar refractivity (Wildman–Crippen MR) is 84.9 cm³/mol. The van der Waals surface area contributed by atoms with Crippen molar-refractivity contribution in [1.29, 1.82) is 0 Å². The first-order chi connectivity index (χ1) is 10.3. The highest BCUT2D eigenvalue weighted by molar-refractivity contribution is 7.09. The molecule has 3 N–H and O–H groups in total. The van der Waals surface area contributed by atoms with E-state index in [1.807, 2.05) is 26.2 Å². The SMILES string of the molecule is Cc1csc(C(C)(C)NC(=O)NC2CCC(C(=O)O)CC2)n1. The Morgan fingerprint density at radius 2 is 1.95 bits per heavy atom. The fourth-order valence-corrected chi connectivity index (χ4v) is 3.56. The van der Waals surface area contributed by atoms with Crippen LogP contribution in [0.3, 0.4) is 0 Å². The van der Waals surface area contributed by atoms with E-state index >= 15 is 0 Å². The third-order valence-electron chi connectivity index (χ3n) is 3.99. The van der Waals surface area contributed by atoms with Crippen LogP contribution in [-0.2, 0) is 10.3 Å². The second kappa shape index (κ2) is 6.64. The van der Waals surface area contributed by atoms with Gasteiger partial charge in [-0.25, -0.2) is 9.78 Å². The topological polar surface area (TPSA) is 91.3 Å². The van der Waals surface area contributed by atoms with E-state index in [9.17, 15) is 9.59 Å². The molecule has 0 radical (unpaired) electrons. The Kier molecular flexibility index (Phi) is 5.05. The van der Waals surface area contributed by atoms with Gasteiger partial charge in [-0.2, -0.15) is 0 Å². The minimum Gasteiger partial charge on any atom is -0.481 e. The van der Waals surface area contributed by atoms with Crippen molar-refractivity contribution >= 4 is 23.3 Å². The van der Waals surface area contributed by atoms with E-state index in [2.05, 4.69) is 15.6 Å². The molecule has 2 amide bonds. The second-order valence-electron chi connectivity index (χ2n) is 6.40. The average Bonchev–Trinajstić information content (AvgIpc) is 2.86. The first kappa shape index (κ1) is 16.7. The molecule has 1 fully saturated rings. The van der Waals surface area contributed by atoms with Gasteiger partial charge in [0.2, 0.25) is 0 Å². The third-order valence-corrected chi connectivity index (χ3v) is 5.28. The monoisotopic (exact) mass is 325 g/mol. The van der Waals surface area contributed by atoms with Gasteiger partial charge in [0, 0.05) is 17.1 Å². The number of rotatable bonds is 4. The van der Waals surface area contributed by atoms with E-state index < -0.39 is 11.5 Å². The number of aliphatic carboxylic acids is 1. The number of carboxylic acids is 1. The highest BCUT2D eigenvalue weighted by Gasteiger charge is 2.29. The second-order valence-corrected chi connectivity index (χ2v) is 7.26. The van der Waals surface area contributed by atoms with Crippen molar-refractivity contribution in [3.8, 4) is 0 Å². The Morgan fingerprint density at radius 1 is 1.32 bits per heavy atom. The van der Waals surface area contributed by atoms with Crippen LogP contribution < -0.4 is 10.6 Å². The van der Waals surface area contributed by atoms with Crippen LogP contribution >= 0.6 is 11.3 Å². The maximum atomic E-state index is 12.2. The summed E-state index contributed by atoms with van der Waals surface area (Å²) in [7, 11) is 0.